The van der Waals surface area contributed by atoms with Gasteiger partial charge in [0.2, 0.25) is 0 Å². The van der Waals surface area contributed by atoms with Crippen molar-refractivity contribution in [2.24, 2.45) is 0 Å². The van der Waals surface area contributed by atoms with Gasteiger partial charge in [0.15, 0.2) is 5.82 Å². The van der Waals surface area contributed by atoms with Crippen LogP contribution in [0.2, 0.25) is 0 Å². The molecule has 0 amide bonds. The van der Waals surface area contributed by atoms with Crippen molar-refractivity contribution in [2.75, 3.05) is 18.5 Å². The van der Waals surface area contributed by atoms with Crippen LogP contribution in [0.3, 0.4) is 0 Å². The molecule has 0 saturated carbocycles. The summed E-state index contributed by atoms with van der Waals surface area (Å²) >= 11 is 1.63. The van der Waals surface area contributed by atoms with Gasteiger partial charge in [0.1, 0.15) is 16.2 Å². The number of hydrogen-bond acceptors (Lipinski definition) is 5. The number of fused-ring (bicyclic) bond motifs is 1. The van der Waals surface area contributed by atoms with Crippen molar-refractivity contribution in [3.8, 4) is 0 Å². The van der Waals surface area contributed by atoms with E-state index in [1.54, 1.807) is 11.3 Å². The monoisotopic (exact) mass is 265 g/mol. The van der Waals surface area contributed by atoms with Crippen LogP contribution in [0.5, 0.6) is 0 Å². The molecular weight excluding hydrogens is 246 g/mol. The number of nitrogens with one attached hydrogen (secondary N) is 1. The number of rotatable bonds is 5. The number of thiophene rings is 1. The van der Waals surface area contributed by atoms with Crippen LogP contribution < -0.4 is 5.32 Å². The van der Waals surface area contributed by atoms with Gasteiger partial charge >= 0.3 is 0 Å². The van der Waals surface area contributed by atoms with Crippen LogP contribution in [0.1, 0.15) is 33.5 Å². The molecule has 2 rings (SSSR count). The maximum absolute atomic E-state index is 5.73. The Morgan fingerprint density at radius 1 is 1.33 bits per heavy atom. The van der Waals surface area contributed by atoms with Crippen LogP contribution in [-0.2, 0) is 10.3 Å². The second kappa shape index (κ2) is 5.20. The Kier molecular flexibility index (Phi) is 3.82. The van der Waals surface area contributed by atoms with Gasteiger partial charge < -0.3 is 10.1 Å². The SMILES string of the molecule is CCNc1nc(C(C)(C)OCC)nc2sccc12. The molecule has 2 heterocycles. The lowest BCUT2D eigenvalue weighted by atomic mass is 10.1. The minimum Gasteiger partial charge on any atom is -0.370 e. The van der Waals surface area contributed by atoms with E-state index in [4.69, 9.17) is 4.74 Å². The van der Waals surface area contributed by atoms with Gasteiger partial charge in [-0.15, -0.1) is 11.3 Å². The molecule has 18 heavy (non-hydrogen) atoms. The number of nitrogens with zero attached hydrogens (tertiary/aromatic N) is 2. The maximum Gasteiger partial charge on any atom is 0.163 e. The van der Waals surface area contributed by atoms with Crippen molar-refractivity contribution in [3.63, 3.8) is 0 Å². The van der Waals surface area contributed by atoms with Gasteiger partial charge in [-0.05, 0) is 39.1 Å². The molecule has 2 aromatic heterocycles. The van der Waals surface area contributed by atoms with Crippen molar-refractivity contribution in [2.45, 2.75) is 33.3 Å². The fourth-order valence-corrected chi connectivity index (χ4v) is 2.62. The Bertz CT molecular complexity index is 536. The van der Waals surface area contributed by atoms with Crippen LogP contribution in [-0.4, -0.2) is 23.1 Å². The first-order chi connectivity index (χ1) is 8.58. The summed E-state index contributed by atoms with van der Waals surface area (Å²) in [6.07, 6.45) is 0. The van der Waals surface area contributed by atoms with Crippen LogP contribution in [0.25, 0.3) is 10.2 Å². The molecule has 0 aliphatic carbocycles. The van der Waals surface area contributed by atoms with Crippen LogP contribution in [0.15, 0.2) is 11.4 Å². The maximum atomic E-state index is 5.73. The van der Waals surface area contributed by atoms with E-state index >= 15 is 0 Å². The lowest BCUT2D eigenvalue weighted by Crippen LogP contribution is -2.25. The third-order valence-corrected chi connectivity index (χ3v) is 3.52. The molecule has 4 nitrogen and oxygen atoms in total. The molecule has 0 aliphatic heterocycles. The lowest BCUT2D eigenvalue weighted by molar-refractivity contribution is -0.0204. The fourth-order valence-electron chi connectivity index (χ4n) is 1.85. The number of aromatic nitrogens is 2. The van der Waals surface area contributed by atoms with Crippen molar-refractivity contribution in [1.82, 2.24) is 9.97 Å². The smallest absolute Gasteiger partial charge is 0.163 e. The Hall–Kier alpha value is -1.20. The van der Waals surface area contributed by atoms with Gasteiger partial charge in [-0.25, -0.2) is 9.97 Å². The zero-order chi connectivity index (χ0) is 13.2. The number of ether oxygens (including phenoxy) is 1. The Morgan fingerprint density at radius 2 is 2.11 bits per heavy atom. The van der Waals surface area contributed by atoms with Crippen LogP contribution in [0.4, 0.5) is 5.82 Å². The standard InChI is InChI=1S/C13H19N3OS/c1-5-14-10-9-7-8-18-11(9)16-12(15-10)13(3,4)17-6-2/h7-8H,5-6H2,1-4H3,(H,14,15,16). The highest BCUT2D eigenvalue weighted by Crippen LogP contribution is 2.29. The van der Waals surface area contributed by atoms with Crippen LogP contribution in [0, 0.1) is 0 Å². The Morgan fingerprint density at radius 3 is 2.78 bits per heavy atom. The highest BCUT2D eigenvalue weighted by molar-refractivity contribution is 7.16. The summed E-state index contributed by atoms with van der Waals surface area (Å²) in [5, 5.41) is 6.41. The first-order valence-corrected chi connectivity index (χ1v) is 7.10. The molecular formula is C13H19N3OS. The van der Waals surface area contributed by atoms with Crippen molar-refractivity contribution in [1.29, 1.82) is 0 Å². The second-order valence-corrected chi connectivity index (χ2v) is 5.40. The molecule has 0 atom stereocenters. The molecule has 98 valence electrons. The highest BCUT2D eigenvalue weighted by atomic mass is 32.1. The molecule has 0 unspecified atom stereocenters. The molecule has 2 aromatic rings. The zero-order valence-electron chi connectivity index (χ0n) is 11.3. The summed E-state index contributed by atoms with van der Waals surface area (Å²) in [6.45, 7) is 9.54. The third-order valence-electron chi connectivity index (χ3n) is 2.71. The van der Waals surface area contributed by atoms with E-state index in [2.05, 4.69) is 28.3 Å². The fraction of sp³-hybridized carbons (Fsp3) is 0.538. The van der Waals surface area contributed by atoms with Gasteiger partial charge in [-0.1, -0.05) is 0 Å². The van der Waals surface area contributed by atoms with Gasteiger partial charge in [0.25, 0.3) is 0 Å². The van der Waals surface area contributed by atoms with E-state index in [0.29, 0.717) is 6.61 Å². The topological polar surface area (TPSA) is 47.0 Å². The predicted octanol–water partition coefficient (Wildman–Crippen LogP) is 3.39. The van der Waals surface area contributed by atoms with Gasteiger partial charge in [0.05, 0.1) is 5.39 Å². The van der Waals surface area contributed by atoms with E-state index in [1.807, 2.05) is 26.2 Å². The summed E-state index contributed by atoms with van der Waals surface area (Å²) < 4.78 is 5.73. The minimum absolute atomic E-state index is 0.461. The van der Waals surface area contributed by atoms with Gasteiger partial charge in [-0.3, -0.25) is 0 Å². The quantitative estimate of drug-likeness (QED) is 0.900. The summed E-state index contributed by atoms with van der Waals surface area (Å²) in [6, 6.07) is 2.05. The summed E-state index contributed by atoms with van der Waals surface area (Å²) in [7, 11) is 0. The summed E-state index contributed by atoms with van der Waals surface area (Å²) in [4.78, 5) is 10.2. The minimum atomic E-state index is -0.461. The molecule has 0 aromatic carbocycles. The zero-order valence-corrected chi connectivity index (χ0v) is 12.1. The summed E-state index contributed by atoms with van der Waals surface area (Å²) in [5.41, 5.74) is -0.461. The molecule has 0 radical (unpaired) electrons. The van der Waals surface area contributed by atoms with Gasteiger partial charge in [-0.2, -0.15) is 0 Å². The molecule has 0 spiro atoms. The first kappa shape index (κ1) is 13.2. The first-order valence-electron chi connectivity index (χ1n) is 6.22. The van der Waals surface area contributed by atoms with Crippen LogP contribution >= 0.6 is 11.3 Å². The average Bonchev–Trinajstić information content (AvgIpc) is 2.77. The Labute approximate surface area is 111 Å². The van der Waals surface area contributed by atoms with E-state index < -0.39 is 5.60 Å². The lowest BCUT2D eigenvalue weighted by Gasteiger charge is -2.23. The van der Waals surface area contributed by atoms with E-state index in [9.17, 15) is 0 Å². The summed E-state index contributed by atoms with van der Waals surface area (Å²) in [5.74, 6) is 1.63. The number of hydrogen-bond donors (Lipinski definition) is 1. The van der Waals surface area contributed by atoms with E-state index in [0.717, 1.165) is 28.4 Å². The molecule has 0 aliphatic rings. The van der Waals surface area contributed by atoms with E-state index in [1.165, 1.54) is 0 Å². The van der Waals surface area contributed by atoms with Crippen molar-refractivity contribution >= 4 is 27.4 Å². The Balaban J connectivity index is 2.51. The average molecular weight is 265 g/mol. The molecule has 5 heteroatoms. The van der Waals surface area contributed by atoms with E-state index in [-0.39, 0.29) is 0 Å². The molecule has 0 bridgehead atoms. The molecule has 1 N–H and O–H groups in total. The molecule has 0 fully saturated rings. The van der Waals surface area contributed by atoms with Crippen molar-refractivity contribution < 1.29 is 4.74 Å². The number of anilines is 1. The van der Waals surface area contributed by atoms with Crippen molar-refractivity contribution in [3.05, 3.63) is 17.3 Å². The normalized spacial score (nSPS) is 12.0. The predicted molar refractivity (Wildman–Crippen MR) is 76.2 cm³/mol. The second-order valence-electron chi connectivity index (χ2n) is 4.51. The largest absolute Gasteiger partial charge is 0.370 e. The molecule has 0 saturated heterocycles. The third kappa shape index (κ3) is 2.47. The van der Waals surface area contributed by atoms with Gasteiger partial charge in [0, 0.05) is 13.2 Å². The highest BCUT2D eigenvalue weighted by Gasteiger charge is 2.25.